The first kappa shape index (κ1) is 25.2. The number of fused-ring (bicyclic) bond motifs is 2. The van der Waals surface area contributed by atoms with Gasteiger partial charge in [-0.15, -0.1) is 11.3 Å². The molecule has 0 aliphatic heterocycles. The number of rotatable bonds is 10. The van der Waals surface area contributed by atoms with E-state index >= 15 is 0 Å². The molecule has 0 atom stereocenters. The molecule has 6 heteroatoms. The van der Waals surface area contributed by atoms with Gasteiger partial charge in [0.15, 0.2) is 0 Å². The SMILES string of the molecule is CCN(CC)CCCCN(Cc1ccc2ccccc2c1)C(=O)c1sc2cccc(Br)c2c1Cl. The quantitative estimate of drug-likeness (QED) is 0.183. The smallest absolute Gasteiger partial charge is 0.265 e. The number of thiophene rings is 1. The minimum atomic E-state index is 0.00842. The topological polar surface area (TPSA) is 23.6 Å². The molecule has 4 rings (SSSR count). The maximum absolute atomic E-state index is 13.8. The van der Waals surface area contributed by atoms with Crippen LogP contribution in [0.15, 0.2) is 65.1 Å². The van der Waals surface area contributed by atoms with Gasteiger partial charge in [-0.25, -0.2) is 0 Å². The molecule has 0 spiro atoms. The first-order valence-electron chi connectivity index (χ1n) is 11.9. The number of amides is 1. The molecule has 1 amide bonds. The molecule has 1 aromatic heterocycles. The van der Waals surface area contributed by atoms with Crippen molar-refractivity contribution in [2.45, 2.75) is 33.2 Å². The van der Waals surface area contributed by atoms with Gasteiger partial charge in [0.1, 0.15) is 4.88 Å². The number of nitrogens with zero attached hydrogens (tertiary/aromatic N) is 2. The van der Waals surface area contributed by atoms with Crippen LogP contribution in [0.5, 0.6) is 0 Å². The number of hydrogen-bond donors (Lipinski definition) is 0. The van der Waals surface area contributed by atoms with Crippen molar-refractivity contribution in [2.75, 3.05) is 26.2 Å². The van der Waals surface area contributed by atoms with Crippen LogP contribution < -0.4 is 0 Å². The molecule has 0 bridgehead atoms. The molecular weight excluding hydrogens is 528 g/mol. The maximum Gasteiger partial charge on any atom is 0.265 e. The fourth-order valence-corrected chi connectivity index (χ4v) is 6.69. The molecule has 3 aromatic carbocycles. The highest BCUT2D eigenvalue weighted by molar-refractivity contribution is 9.10. The van der Waals surface area contributed by atoms with Gasteiger partial charge >= 0.3 is 0 Å². The molecule has 0 fully saturated rings. The van der Waals surface area contributed by atoms with E-state index in [1.165, 1.54) is 22.1 Å². The number of halogens is 2. The summed E-state index contributed by atoms with van der Waals surface area (Å²) in [5, 5.41) is 3.87. The van der Waals surface area contributed by atoms with Crippen molar-refractivity contribution >= 4 is 65.6 Å². The van der Waals surface area contributed by atoms with Crippen LogP contribution in [0, 0.1) is 0 Å². The summed E-state index contributed by atoms with van der Waals surface area (Å²) in [4.78, 5) is 18.8. The van der Waals surface area contributed by atoms with Crippen LogP contribution in [0.1, 0.15) is 41.9 Å². The molecule has 3 nitrogen and oxygen atoms in total. The van der Waals surface area contributed by atoms with Gasteiger partial charge in [0.25, 0.3) is 5.91 Å². The van der Waals surface area contributed by atoms with Crippen molar-refractivity contribution in [2.24, 2.45) is 0 Å². The van der Waals surface area contributed by atoms with Crippen LogP contribution in [0.3, 0.4) is 0 Å². The first-order chi connectivity index (χ1) is 16.5. The summed E-state index contributed by atoms with van der Waals surface area (Å²) in [7, 11) is 0. The van der Waals surface area contributed by atoms with Gasteiger partial charge in [-0.3, -0.25) is 4.79 Å². The monoisotopic (exact) mass is 556 g/mol. The highest BCUT2D eigenvalue weighted by atomic mass is 79.9. The fraction of sp³-hybridized carbons (Fsp3) is 0.321. The lowest BCUT2D eigenvalue weighted by Crippen LogP contribution is -2.32. The van der Waals surface area contributed by atoms with E-state index in [1.807, 2.05) is 23.1 Å². The van der Waals surface area contributed by atoms with Crippen molar-refractivity contribution in [3.63, 3.8) is 0 Å². The minimum absolute atomic E-state index is 0.00842. The van der Waals surface area contributed by atoms with Gasteiger partial charge in [-0.2, -0.15) is 0 Å². The van der Waals surface area contributed by atoms with Gasteiger partial charge in [0.2, 0.25) is 0 Å². The zero-order valence-corrected chi connectivity index (χ0v) is 22.8. The molecule has 0 aliphatic rings. The van der Waals surface area contributed by atoms with Gasteiger partial charge in [-0.05, 0) is 67.0 Å². The Morgan fingerprint density at radius 2 is 1.68 bits per heavy atom. The van der Waals surface area contributed by atoms with Crippen molar-refractivity contribution in [3.8, 4) is 0 Å². The molecule has 34 heavy (non-hydrogen) atoms. The van der Waals surface area contributed by atoms with E-state index in [9.17, 15) is 4.79 Å². The molecule has 178 valence electrons. The molecule has 0 aliphatic carbocycles. The summed E-state index contributed by atoms with van der Waals surface area (Å²) in [6.07, 6.45) is 2.02. The van der Waals surface area contributed by atoms with Crippen molar-refractivity contribution in [3.05, 3.63) is 80.6 Å². The number of unbranched alkanes of at least 4 members (excludes halogenated alkanes) is 1. The summed E-state index contributed by atoms with van der Waals surface area (Å²) < 4.78 is 1.94. The van der Waals surface area contributed by atoms with Crippen LogP contribution in [-0.2, 0) is 6.54 Å². The van der Waals surface area contributed by atoms with Crippen LogP contribution in [0.25, 0.3) is 20.9 Å². The van der Waals surface area contributed by atoms with Crippen LogP contribution >= 0.6 is 38.9 Å². The Bertz CT molecular complexity index is 1280. The molecule has 0 radical (unpaired) electrons. The zero-order valence-electron chi connectivity index (χ0n) is 19.7. The average molecular weight is 558 g/mol. The Balaban J connectivity index is 1.59. The Hall–Kier alpha value is -1.92. The number of carbonyl (C=O) groups excluding carboxylic acids is 1. The van der Waals surface area contributed by atoms with Gasteiger partial charge in [0, 0.05) is 27.6 Å². The second-order valence-corrected chi connectivity index (χ2v) is 10.8. The predicted octanol–water partition coefficient (Wildman–Crippen LogP) is 8.23. The van der Waals surface area contributed by atoms with E-state index in [0.29, 0.717) is 23.0 Å². The fourth-order valence-electron chi connectivity index (χ4n) is 4.34. The summed E-state index contributed by atoms with van der Waals surface area (Å²) in [6, 6.07) is 20.8. The van der Waals surface area contributed by atoms with E-state index in [4.69, 9.17) is 11.6 Å². The highest BCUT2D eigenvalue weighted by Crippen LogP contribution is 2.40. The van der Waals surface area contributed by atoms with E-state index in [1.54, 1.807) is 0 Å². The first-order valence-corrected chi connectivity index (χ1v) is 13.9. The molecular formula is C28H30BrClN2OS. The Labute approximate surface area is 219 Å². The lowest BCUT2D eigenvalue weighted by Gasteiger charge is -2.24. The van der Waals surface area contributed by atoms with Gasteiger partial charge in [0.05, 0.1) is 5.02 Å². The summed E-state index contributed by atoms with van der Waals surface area (Å²) in [5.41, 5.74) is 1.13. The third kappa shape index (κ3) is 5.65. The number of carbonyl (C=O) groups is 1. The van der Waals surface area contributed by atoms with Crippen LogP contribution in [-0.4, -0.2) is 41.9 Å². The van der Waals surface area contributed by atoms with E-state index in [2.05, 4.69) is 77.1 Å². The molecule has 4 aromatic rings. The average Bonchev–Trinajstić information content (AvgIpc) is 3.20. The Kier molecular flexibility index (Phi) is 8.65. The molecule has 0 saturated carbocycles. The minimum Gasteiger partial charge on any atom is -0.334 e. The Morgan fingerprint density at radius 3 is 2.41 bits per heavy atom. The van der Waals surface area contributed by atoms with Crippen LogP contribution in [0.2, 0.25) is 5.02 Å². The Morgan fingerprint density at radius 1 is 0.941 bits per heavy atom. The summed E-state index contributed by atoms with van der Waals surface area (Å²) in [5.74, 6) is 0.00842. The maximum atomic E-state index is 13.8. The number of benzene rings is 3. The van der Waals surface area contributed by atoms with E-state index < -0.39 is 0 Å². The number of hydrogen-bond acceptors (Lipinski definition) is 3. The second-order valence-electron chi connectivity index (χ2n) is 8.50. The van der Waals surface area contributed by atoms with Crippen molar-refractivity contribution < 1.29 is 4.79 Å². The summed E-state index contributed by atoms with van der Waals surface area (Å²) in [6.45, 7) is 8.84. The predicted molar refractivity (Wildman–Crippen MR) is 150 cm³/mol. The van der Waals surface area contributed by atoms with Gasteiger partial charge < -0.3 is 9.80 Å². The summed E-state index contributed by atoms with van der Waals surface area (Å²) >= 11 is 11.8. The third-order valence-corrected chi connectivity index (χ3v) is 8.62. The molecule has 0 unspecified atom stereocenters. The van der Waals surface area contributed by atoms with Crippen molar-refractivity contribution in [1.29, 1.82) is 0 Å². The second kappa shape index (κ2) is 11.7. The zero-order chi connectivity index (χ0) is 24.1. The van der Waals surface area contributed by atoms with E-state index in [-0.39, 0.29) is 5.91 Å². The van der Waals surface area contributed by atoms with Gasteiger partial charge in [-0.1, -0.05) is 83.8 Å². The normalized spacial score (nSPS) is 11.6. The van der Waals surface area contributed by atoms with Crippen LogP contribution in [0.4, 0.5) is 0 Å². The molecule has 0 N–H and O–H groups in total. The highest BCUT2D eigenvalue weighted by Gasteiger charge is 2.24. The van der Waals surface area contributed by atoms with Crippen molar-refractivity contribution in [1.82, 2.24) is 9.80 Å². The third-order valence-electron chi connectivity index (χ3n) is 6.32. The standard InChI is InChI=1S/C28H30BrClN2OS/c1-3-31(4-2)16-7-8-17-32(19-20-14-15-21-10-5-6-11-22(21)18-20)28(33)27-26(30)25-23(29)12-9-13-24(25)34-27/h5-6,9-15,18H,3-4,7-8,16-17,19H2,1-2H3. The lowest BCUT2D eigenvalue weighted by atomic mass is 10.1. The van der Waals surface area contributed by atoms with E-state index in [0.717, 1.165) is 52.6 Å². The molecule has 1 heterocycles. The molecule has 0 saturated heterocycles. The largest absolute Gasteiger partial charge is 0.334 e. The lowest BCUT2D eigenvalue weighted by molar-refractivity contribution is 0.0743.